The van der Waals surface area contributed by atoms with Crippen LogP contribution < -0.4 is 4.90 Å². The van der Waals surface area contributed by atoms with Gasteiger partial charge in [-0.1, -0.05) is 74.9 Å². The van der Waals surface area contributed by atoms with Crippen LogP contribution in [0.3, 0.4) is 0 Å². The predicted molar refractivity (Wildman–Crippen MR) is 148 cm³/mol. The van der Waals surface area contributed by atoms with E-state index in [0.29, 0.717) is 6.54 Å². The highest BCUT2D eigenvalue weighted by molar-refractivity contribution is 8.02. The molecule has 1 unspecified atom stereocenters. The summed E-state index contributed by atoms with van der Waals surface area (Å²) in [7, 11) is 0. The summed E-state index contributed by atoms with van der Waals surface area (Å²) in [6.07, 6.45) is 8.46. The number of carbonyl (C=O) groups is 3. The summed E-state index contributed by atoms with van der Waals surface area (Å²) in [5, 5.41) is 12.3. The molecule has 38 heavy (non-hydrogen) atoms. The van der Waals surface area contributed by atoms with Crippen LogP contribution in [0.2, 0.25) is 0 Å². The molecule has 2 amide bonds. The van der Waals surface area contributed by atoms with Gasteiger partial charge in [0.15, 0.2) is 0 Å². The van der Waals surface area contributed by atoms with E-state index in [9.17, 15) is 19.5 Å². The summed E-state index contributed by atoms with van der Waals surface area (Å²) in [6, 6.07) is 12.6. The number of amides is 2. The number of carbonyl (C=O) groups excluding carboxylic acids is 3. The Morgan fingerprint density at radius 1 is 1.11 bits per heavy atom. The van der Waals surface area contributed by atoms with E-state index >= 15 is 0 Å². The average molecular weight is 533 g/mol. The number of nitrogens with zero attached hydrogens (tertiary/aromatic N) is 2. The fourth-order valence-electron chi connectivity index (χ4n) is 6.66. The quantitative estimate of drug-likeness (QED) is 0.468. The van der Waals surface area contributed by atoms with Crippen molar-refractivity contribution in [3.8, 4) is 0 Å². The Bertz CT molecular complexity index is 1360. The third-order valence-electron chi connectivity index (χ3n) is 8.74. The molecule has 2 saturated heterocycles. The Kier molecular flexibility index (Phi) is 6.35. The second-order valence-corrected chi connectivity index (χ2v) is 12.2. The molecule has 4 aliphatic heterocycles. The first-order valence-electron chi connectivity index (χ1n) is 13.3. The van der Waals surface area contributed by atoms with Crippen LogP contribution in [0.4, 0.5) is 5.69 Å². The molecule has 2 aromatic carbocycles. The first kappa shape index (κ1) is 25.2. The molecule has 8 heteroatoms. The maximum Gasteiger partial charge on any atom is 0.311 e. The highest BCUT2D eigenvalue weighted by Gasteiger charge is 2.72. The van der Waals surface area contributed by atoms with E-state index in [0.717, 1.165) is 22.9 Å². The third-order valence-corrected chi connectivity index (χ3v) is 10.5. The summed E-state index contributed by atoms with van der Waals surface area (Å²) in [5.41, 5.74) is 0.756. The standard InChI is InChI=1S/C30H32N2O5S/c1-3-18(2)22(17-33)32-26-28(35)31(21-12-11-19-8-4-5-9-20(19)16-21)14-7-13-30(26)25(27(32)34)24-23(38-30)10-6-15-37-29(24)36/h4-13,16,18,22-26,33H,3,14-15,17H2,1-2H3/t18-,22-,23-,24+,25-,26?,30-/m0/s1. The molecule has 0 aliphatic carbocycles. The summed E-state index contributed by atoms with van der Waals surface area (Å²) >= 11 is 1.52. The highest BCUT2D eigenvalue weighted by atomic mass is 32.2. The molecule has 0 saturated carbocycles. The molecule has 1 N–H and O–H groups in total. The van der Waals surface area contributed by atoms with Crippen LogP contribution in [0.15, 0.2) is 66.8 Å². The third kappa shape index (κ3) is 3.64. The lowest BCUT2D eigenvalue weighted by Gasteiger charge is -2.40. The molecule has 2 fully saturated rings. The maximum atomic E-state index is 14.6. The van der Waals surface area contributed by atoms with E-state index in [1.54, 1.807) is 9.80 Å². The fourth-order valence-corrected chi connectivity index (χ4v) is 8.64. The van der Waals surface area contributed by atoms with Gasteiger partial charge in [-0.3, -0.25) is 14.4 Å². The number of hydrogen-bond acceptors (Lipinski definition) is 6. The van der Waals surface area contributed by atoms with Gasteiger partial charge < -0.3 is 19.6 Å². The zero-order valence-electron chi connectivity index (χ0n) is 21.5. The van der Waals surface area contributed by atoms with Crippen molar-refractivity contribution >= 4 is 46.0 Å². The Hall–Kier alpha value is -3.10. The summed E-state index contributed by atoms with van der Waals surface area (Å²) in [6.45, 7) is 4.29. The first-order chi connectivity index (χ1) is 18.4. The number of aliphatic hydroxyl groups excluding tert-OH is 1. The van der Waals surface area contributed by atoms with Gasteiger partial charge in [-0.25, -0.2) is 0 Å². The number of ether oxygens (including phenoxy) is 1. The Balaban J connectivity index is 1.49. The van der Waals surface area contributed by atoms with E-state index in [1.165, 1.54) is 11.8 Å². The zero-order valence-corrected chi connectivity index (χ0v) is 22.3. The lowest BCUT2D eigenvalue weighted by atomic mass is 9.78. The number of fused-ring (bicyclic) bond motifs is 3. The Labute approximate surface area is 226 Å². The normalized spacial score (nSPS) is 31.9. The average Bonchev–Trinajstić information content (AvgIpc) is 3.23. The number of benzene rings is 2. The molecule has 1 spiro atoms. The minimum Gasteiger partial charge on any atom is -0.461 e. The van der Waals surface area contributed by atoms with Gasteiger partial charge in [-0.05, 0) is 28.8 Å². The monoisotopic (exact) mass is 532 g/mol. The number of anilines is 1. The van der Waals surface area contributed by atoms with Gasteiger partial charge in [0.2, 0.25) is 5.91 Å². The second kappa shape index (κ2) is 9.58. The molecule has 198 valence electrons. The Morgan fingerprint density at radius 2 is 1.89 bits per heavy atom. The lowest BCUT2D eigenvalue weighted by Crippen LogP contribution is -2.58. The van der Waals surface area contributed by atoms with Crippen molar-refractivity contribution in [2.75, 3.05) is 24.7 Å². The Morgan fingerprint density at radius 3 is 2.66 bits per heavy atom. The van der Waals surface area contributed by atoms with Gasteiger partial charge in [0, 0.05) is 17.5 Å². The van der Waals surface area contributed by atoms with Crippen molar-refractivity contribution in [3.63, 3.8) is 0 Å². The molecule has 4 heterocycles. The largest absolute Gasteiger partial charge is 0.461 e. The van der Waals surface area contributed by atoms with Crippen LogP contribution in [0.1, 0.15) is 20.3 Å². The molecular weight excluding hydrogens is 500 g/mol. The summed E-state index contributed by atoms with van der Waals surface area (Å²) < 4.78 is 4.52. The minimum atomic E-state index is -0.934. The molecular formula is C30H32N2O5S. The fraction of sp³-hybridized carbons (Fsp3) is 0.433. The minimum absolute atomic E-state index is 0.0317. The second-order valence-electron chi connectivity index (χ2n) is 10.7. The van der Waals surface area contributed by atoms with Crippen molar-refractivity contribution < 1.29 is 24.2 Å². The van der Waals surface area contributed by atoms with Gasteiger partial charge >= 0.3 is 5.97 Å². The number of rotatable bonds is 5. The number of cyclic esters (lactones) is 1. The van der Waals surface area contributed by atoms with E-state index in [4.69, 9.17) is 4.74 Å². The van der Waals surface area contributed by atoms with Crippen LogP contribution >= 0.6 is 11.8 Å². The summed E-state index contributed by atoms with van der Waals surface area (Å²) in [4.78, 5) is 45.4. The number of esters is 1. The molecule has 0 radical (unpaired) electrons. The topological polar surface area (TPSA) is 87.2 Å². The van der Waals surface area contributed by atoms with Gasteiger partial charge in [0.05, 0.1) is 29.2 Å². The van der Waals surface area contributed by atoms with Crippen molar-refractivity contribution in [2.24, 2.45) is 17.8 Å². The van der Waals surface area contributed by atoms with Crippen LogP contribution in [0.25, 0.3) is 10.8 Å². The molecule has 0 bridgehead atoms. The maximum absolute atomic E-state index is 14.6. The SMILES string of the molecule is CC[C@H](C)[C@H](CO)N1C(=O)[C@@H]2[C@@H]3C(=O)OCC=C[C@@H]3S[C@@]23C=CCN(c2ccc4ccccc4c2)C(=O)C13. The van der Waals surface area contributed by atoms with E-state index in [2.05, 4.69) is 0 Å². The number of thioether (sulfide) groups is 1. The number of likely N-dealkylation sites (tertiary alicyclic amines) is 1. The predicted octanol–water partition coefficient (Wildman–Crippen LogP) is 3.56. The van der Waals surface area contributed by atoms with Gasteiger partial charge in [-0.2, -0.15) is 0 Å². The van der Waals surface area contributed by atoms with Crippen molar-refractivity contribution in [3.05, 3.63) is 66.8 Å². The molecule has 7 nitrogen and oxygen atoms in total. The van der Waals surface area contributed by atoms with E-state index < -0.39 is 34.6 Å². The molecule has 0 aromatic heterocycles. The zero-order chi connectivity index (χ0) is 26.6. The molecule has 6 rings (SSSR count). The van der Waals surface area contributed by atoms with Gasteiger partial charge in [0.25, 0.3) is 5.91 Å². The summed E-state index contributed by atoms with van der Waals surface area (Å²) in [5.74, 6) is -2.30. The van der Waals surface area contributed by atoms with Crippen LogP contribution in [-0.2, 0) is 19.1 Å². The smallest absolute Gasteiger partial charge is 0.311 e. The lowest BCUT2D eigenvalue weighted by molar-refractivity contribution is -0.152. The van der Waals surface area contributed by atoms with Crippen molar-refractivity contribution in [2.45, 2.75) is 42.3 Å². The first-order valence-corrected chi connectivity index (χ1v) is 14.2. The van der Waals surface area contributed by atoms with Crippen molar-refractivity contribution in [1.29, 1.82) is 0 Å². The highest BCUT2D eigenvalue weighted by Crippen LogP contribution is 2.61. The molecule has 4 aliphatic rings. The van der Waals surface area contributed by atoms with Crippen LogP contribution in [-0.4, -0.2) is 69.6 Å². The number of aliphatic hydroxyl groups is 1. The van der Waals surface area contributed by atoms with E-state index in [-0.39, 0.29) is 36.2 Å². The van der Waals surface area contributed by atoms with Gasteiger partial charge in [-0.15, -0.1) is 11.8 Å². The van der Waals surface area contributed by atoms with Crippen molar-refractivity contribution in [1.82, 2.24) is 4.90 Å². The number of hydrogen-bond donors (Lipinski definition) is 1. The van der Waals surface area contributed by atoms with E-state index in [1.807, 2.05) is 80.6 Å². The molecule has 2 aromatic rings. The van der Waals surface area contributed by atoms with Crippen LogP contribution in [0, 0.1) is 17.8 Å². The van der Waals surface area contributed by atoms with Gasteiger partial charge in [0.1, 0.15) is 12.6 Å². The van der Waals surface area contributed by atoms with Crippen LogP contribution in [0.5, 0.6) is 0 Å². The molecule has 7 atom stereocenters.